The molecule has 1 unspecified atom stereocenters. The van der Waals surface area contributed by atoms with E-state index in [1.54, 1.807) is 0 Å². The average molecular weight is 209 g/mol. The largest absolute Gasteiger partial charge is 0.316 e. The summed E-state index contributed by atoms with van der Waals surface area (Å²) in [5.74, 6) is 2.07. The molecule has 1 saturated heterocycles. The van der Waals surface area contributed by atoms with Gasteiger partial charge in [-0.05, 0) is 44.2 Å². The van der Waals surface area contributed by atoms with Gasteiger partial charge in [0.25, 0.3) is 0 Å². The smallest absolute Gasteiger partial charge is 0.00204 e. The Labute approximate surface area is 95.0 Å². The summed E-state index contributed by atoms with van der Waals surface area (Å²) in [5, 5.41) is 3.55. The van der Waals surface area contributed by atoms with Crippen LogP contribution in [0, 0.1) is 11.8 Å². The Balaban J connectivity index is 1.70. The maximum Gasteiger partial charge on any atom is -0.00204 e. The molecule has 2 aliphatic rings. The fourth-order valence-corrected chi connectivity index (χ4v) is 3.37. The van der Waals surface area contributed by atoms with Crippen LogP contribution in [0.2, 0.25) is 0 Å². The lowest BCUT2D eigenvalue weighted by Crippen LogP contribution is -2.31. The Kier molecular flexibility index (Phi) is 4.98. The molecule has 1 saturated carbocycles. The summed E-state index contributed by atoms with van der Waals surface area (Å²) in [4.78, 5) is 0. The standard InChI is InChI=1S/C14H27N/c1-2-4-7-13(8-5-3-1)11-14-9-6-10-15-12-14/h13-15H,1-12H2. The quantitative estimate of drug-likeness (QED) is 0.730. The zero-order valence-corrected chi connectivity index (χ0v) is 10.1. The van der Waals surface area contributed by atoms with Crippen molar-refractivity contribution in [1.82, 2.24) is 5.32 Å². The number of hydrogen-bond acceptors (Lipinski definition) is 1. The molecule has 1 heterocycles. The Hall–Kier alpha value is -0.0400. The molecule has 1 atom stereocenters. The van der Waals surface area contributed by atoms with Gasteiger partial charge in [-0.2, -0.15) is 0 Å². The van der Waals surface area contributed by atoms with Gasteiger partial charge in [-0.1, -0.05) is 44.9 Å². The second-order valence-electron chi connectivity index (χ2n) is 5.66. The first-order chi connectivity index (χ1) is 7.45. The molecule has 1 aliphatic heterocycles. The van der Waals surface area contributed by atoms with Crippen molar-refractivity contribution in [1.29, 1.82) is 0 Å². The monoisotopic (exact) mass is 209 g/mol. The van der Waals surface area contributed by atoms with Crippen LogP contribution in [0.15, 0.2) is 0 Å². The lowest BCUT2D eigenvalue weighted by atomic mass is 9.82. The van der Waals surface area contributed by atoms with Crippen LogP contribution in [0.1, 0.15) is 64.2 Å². The summed E-state index contributed by atoms with van der Waals surface area (Å²) in [5.41, 5.74) is 0. The first kappa shape index (κ1) is 11.4. The van der Waals surface area contributed by atoms with E-state index < -0.39 is 0 Å². The lowest BCUT2D eigenvalue weighted by molar-refractivity contribution is 0.265. The van der Waals surface area contributed by atoms with Crippen molar-refractivity contribution >= 4 is 0 Å². The fourth-order valence-electron chi connectivity index (χ4n) is 3.37. The predicted octanol–water partition coefficient (Wildman–Crippen LogP) is 3.74. The molecular formula is C14H27N. The van der Waals surface area contributed by atoms with Gasteiger partial charge in [0.15, 0.2) is 0 Å². The van der Waals surface area contributed by atoms with Crippen LogP contribution >= 0.6 is 0 Å². The Morgan fingerprint density at radius 3 is 2.07 bits per heavy atom. The van der Waals surface area contributed by atoms with Crippen molar-refractivity contribution in [2.24, 2.45) is 11.8 Å². The highest BCUT2D eigenvalue weighted by molar-refractivity contribution is 4.74. The van der Waals surface area contributed by atoms with E-state index in [-0.39, 0.29) is 0 Å². The Morgan fingerprint density at radius 1 is 0.733 bits per heavy atom. The van der Waals surface area contributed by atoms with E-state index in [0.29, 0.717) is 0 Å². The van der Waals surface area contributed by atoms with E-state index in [4.69, 9.17) is 0 Å². The summed E-state index contributed by atoms with van der Waals surface area (Å²) >= 11 is 0. The van der Waals surface area contributed by atoms with Gasteiger partial charge in [-0.3, -0.25) is 0 Å². The van der Waals surface area contributed by atoms with Gasteiger partial charge in [0.05, 0.1) is 0 Å². The zero-order chi connectivity index (χ0) is 10.3. The third-order valence-corrected chi connectivity index (χ3v) is 4.29. The third kappa shape index (κ3) is 4.14. The molecule has 0 aromatic carbocycles. The number of nitrogens with one attached hydrogen (secondary N) is 1. The van der Waals surface area contributed by atoms with Crippen molar-refractivity contribution in [2.75, 3.05) is 13.1 Å². The zero-order valence-electron chi connectivity index (χ0n) is 10.1. The van der Waals surface area contributed by atoms with Crippen LogP contribution in [-0.4, -0.2) is 13.1 Å². The van der Waals surface area contributed by atoms with Gasteiger partial charge in [0.2, 0.25) is 0 Å². The molecule has 88 valence electrons. The number of rotatable bonds is 2. The highest BCUT2D eigenvalue weighted by Crippen LogP contribution is 2.29. The van der Waals surface area contributed by atoms with Crippen LogP contribution in [0.5, 0.6) is 0 Å². The van der Waals surface area contributed by atoms with Gasteiger partial charge < -0.3 is 5.32 Å². The van der Waals surface area contributed by atoms with Crippen molar-refractivity contribution in [3.05, 3.63) is 0 Å². The molecule has 2 fully saturated rings. The first-order valence-electron chi connectivity index (χ1n) is 7.16. The van der Waals surface area contributed by atoms with Crippen molar-refractivity contribution in [3.8, 4) is 0 Å². The van der Waals surface area contributed by atoms with Crippen LogP contribution in [0.25, 0.3) is 0 Å². The van der Waals surface area contributed by atoms with Crippen LogP contribution in [-0.2, 0) is 0 Å². The molecule has 1 N–H and O–H groups in total. The van der Waals surface area contributed by atoms with Gasteiger partial charge in [-0.15, -0.1) is 0 Å². The Bertz CT molecular complexity index is 153. The van der Waals surface area contributed by atoms with E-state index >= 15 is 0 Å². The lowest BCUT2D eigenvalue weighted by Gasteiger charge is -2.28. The van der Waals surface area contributed by atoms with Crippen LogP contribution in [0.4, 0.5) is 0 Å². The second kappa shape index (κ2) is 6.52. The van der Waals surface area contributed by atoms with E-state index in [0.717, 1.165) is 11.8 Å². The van der Waals surface area contributed by atoms with Gasteiger partial charge in [-0.25, -0.2) is 0 Å². The molecule has 1 heteroatoms. The summed E-state index contributed by atoms with van der Waals surface area (Å²) < 4.78 is 0. The predicted molar refractivity (Wildman–Crippen MR) is 66.0 cm³/mol. The maximum atomic E-state index is 3.55. The minimum atomic E-state index is 1.00. The molecule has 2 rings (SSSR count). The summed E-state index contributed by atoms with van der Waals surface area (Å²) in [7, 11) is 0. The molecule has 0 amide bonds. The number of hydrogen-bond donors (Lipinski definition) is 1. The molecule has 15 heavy (non-hydrogen) atoms. The topological polar surface area (TPSA) is 12.0 Å². The van der Waals surface area contributed by atoms with Gasteiger partial charge in [0.1, 0.15) is 0 Å². The summed E-state index contributed by atoms with van der Waals surface area (Å²) in [6, 6.07) is 0. The number of piperidine rings is 1. The van der Waals surface area contributed by atoms with Crippen LogP contribution < -0.4 is 5.32 Å². The minimum Gasteiger partial charge on any atom is -0.316 e. The van der Waals surface area contributed by atoms with E-state index in [2.05, 4.69) is 5.32 Å². The second-order valence-corrected chi connectivity index (χ2v) is 5.66. The normalized spacial score (nSPS) is 30.8. The van der Waals surface area contributed by atoms with Crippen molar-refractivity contribution in [3.63, 3.8) is 0 Å². The SMILES string of the molecule is C1CCCC(CC2CCCNC2)CCC1. The summed E-state index contributed by atoms with van der Waals surface area (Å²) in [6.45, 7) is 2.57. The Morgan fingerprint density at radius 2 is 1.40 bits per heavy atom. The maximum absolute atomic E-state index is 3.55. The summed E-state index contributed by atoms with van der Waals surface area (Å²) in [6.07, 6.45) is 15.0. The van der Waals surface area contributed by atoms with Gasteiger partial charge in [0, 0.05) is 0 Å². The van der Waals surface area contributed by atoms with Crippen LogP contribution in [0.3, 0.4) is 0 Å². The molecule has 1 nitrogen and oxygen atoms in total. The molecule has 0 bridgehead atoms. The van der Waals surface area contributed by atoms with E-state index in [1.165, 1.54) is 77.3 Å². The molecule has 1 aliphatic carbocycles. The van der Waals surface area contributed by atoms with Crippen molar-refractivity contribution < 1.29 is 0 Å². The highest BCUT2D eigenvalue weighted by Gasteiger charge is 2.19. The average Bonchev–Trinajstić information content (AvgIpc) is 2.23. The van der Waals surface area contributed by atoms with E-state index in [1.807, 2.05) is 0 Å². The molecule has 0 aromatic rings. The van der Waals surface area contributed by atoms with Gasteiger partial charge >= 0.3 is 0 Å². The van der Waals surface area contributed by atoms with Crippen molar-refractivity contribution in [2.45, 2.75) is 64.2 Å². The van der Waals surface area contributed by atoms with E-state index in [9.17, 15) is 0 Å². The molecular weight excluding hydrogens is 182 g/mol. The minimum absolute atomic E-state index is 1.00. The molecule has 0 spiro atoms. The molecule has 0 radical (unpaired) electrons. The third-order valence-electron chi connectivity index (χ3n) is 4.29. The fraction of sp³-hybridized carbons (Fsp3) is 1.00. The molecule has 0 aromatic heterocycles. The first-order valence-corrected chi connectivity index (χ1v) is 7.16. The highest BCUT2D eigenvalue weighted by atomic mass is 14.9.